The van der Waals surface area contributed by atoms with Crippen molar-refractivity contribution in [2.24, 2.45) is 5.92 Å². The molecule has 1 aromatic heterocycles. The first kappa shape index (κ1) is 18.4. The van der Waals surface area contributed by atoms with Crippen LogP contribution in [0, 0.1) is 5.92 Å². The summed E-state index contributed by atoms with van der Waals surface area (Å²) < 4.78 is 24.7. The van der Waals surface area contributed by atoms with E-state index < -0.39 is 9.84 Å². The Bertz CT molecular complexity index is 849. The van der Waals surface area contributed by atoms with Crippen LogP contribution in [0.3, 0.4) is 0 Å². The number of carbonyl (C=O) groups excluding carboxylic acids is 1. The molecule has 0 unspecified atom stereocenters. The first-order valence-electron chi connectivity index (χ1n) is 8.70. The normalized spacial score (nSPS) is 17.9. The molecule has 1 aliphatic rings. The van der Waals surface area contributed by atoms with Crippen molar-refractivity contribution in [1.29, 1.82) is 0 Å². The summed E-state index contributed by atoms with van der Waals surface area (Å²) >= 11 is 0. The molecule has 0 radical (unpaired) electrons. The van der Waals surface area contributed by atoms with Crippen molar-refractivity contribution in [2.45, 2.75) is 19.4 Å². The Balaban J connectivity index is 1.56. The van der Waals surface area contributed by atoms with Crippen LogP contribution >= 0.6 is 0 Å². The first-order valence-corrected chi connectivity index (χ1v) is 10.8. The smallest absolute Gasteiger partial charge is 0.317 e. The maximum atomic E-state index is 12.4. The Kier molecular flexibility index (Phi) is 5.61. The minimum absolute atomic E-state index is 0.0210. The van der Waals surface area contributed by atoms with Crippen molar-refractivity contribution >= 4 is 15.9 Å². The Morgan fingerprint density at radius 2 is 2.19 bits per heavy atom. The lowest BCUT2D eigenvalue weighted by Crippen LogP contribution is -2.46. The van der Waals surface area contributed by atoms with Crippen molar-refractivity contribution in [2.75, 3.05) is 25.1 Å². The highest BCUT2D eigenvalue weighted by atomic mass is 32.2. The van der Waals surface area contributed by atoms with Crippen LogP contribution in [0.5, 0.6) is 0 Å². The molecule has 0 saturated carbocycles. The second-order valence-corrected chi connectivity index (χ2v) is 9.01. The summed E-state index contributed by atoms with van der Waals surface area (Å²) in [4.78, 5) is 14.2. The Morgan fingerprint density at radius 1 is 1.35 bits per heavy atom. The van der Waals surface area contributed by atoms with Crippen LogP contribution in [0.1, 0.15) is 18.4 Å². The van der Waals surface area contributed by atoms with Crippen LogP contribution in [-0.4, -0.2) is 54.2 Å². The molecule has 2 amide bonds. The minimum atomic E-state index is -3.02. The van der Waals surface area contributed by atoms with E-state index in [1.165, 1.54) is 6.26 Å². The molecule has 8 heteroatoms. The second kappa shape index (κ2) is 7.90. The summed E-state index contributed by atoms with van der Waals surface area (Å²) in [5.41, 5.74) is 1.92. The number of nitrogens with one attached hydrogen (secondary N) is 1. The molecule has 1 atom stereocenters. The van der Waals surface area contributed by atoms with Crippen LogP contribution < -0.4 is 5.32 Å². The van der Waals surface area contributed by atoms with E-state index in [4.69, 9.17) is 0 Å². The van der Waals surface area contributed by atoms with E-state index >= 15 is 0 Å². The highest BCUT2D eigenvalue weighted by molar-refractivity contribution is 7.90. The van der Waals surface area contributed by atoms with Gasteiger partial charge >= 0.3 is 6.03 Å². The van der Waals surface area contributed by atoms with Crippen molar-refractivity contribution in [3.8, 4) is 5.69 Å². The zero-order chi connectivity index (χ0) is 18.6. The molecule has 2 heterocycles. The number of nitrogens with zero attached hydrogens (tertiary/aromatic N) is 3. The zero-order valence-electron chi connectivity index (χ0n) is 14.8. The lowest BCUT2D eigenvalue weighted by molar-refractivity contribution is 0.170. The van der Waals surface area contributed by atoms with E-state index in [9.17, 15) is 13.2 Å². The fourth-order valence-corrected chi connectivity index (χ4v) is 4.46. The number of amides is 2. The van der Waals surface area contributed by atoms with Gasteiger partial charge in [0, 0.05) is 38.3 Å². The van der Waals surface area contributed by atoms with Crippen LogP contribution in [0.2, 0.25) is 0 Å². The summed E-state index contributed by atoms with van der Waals surface area (Å²) in [6.45, 7) is 1.58. The van der Waals surface area contributed by atoms with Gasteiger partial charge < -0.3 is 10.2 Å². The number of aromatic nitrogens is 2. The third-order valence-corrected chi connectivity index (χ3v) is 5.54. The van der Waals surface area contributed by atoms with E-state index in [2.05, 4.69) is 10.4 Å². The summed E-state index contributed by atoms with van der Waals surface area (Å²) in [6, 6.07) is 9.54. The number of hydrogen-bond acceptors (Lipinski definition) is 4. The summed E-state index contributed by atoms with van der Waals surface area (Å²) in [5.74, 6) is 0.163. The van der Waals surface area contributed by atoms with E-state index in [1.807, 2.05) is 36.5 Å². The Labute approximate surface area is 153 Å². The third-order valence-electron chi connectivity index (χ3n) is 4.47. The number of piperidine rings is 1. The average molecular weight is 376 g/mol. The highest BCUT2D eigenvalue weighted by Crippen LogP contribution is 2.18. The standard InChI is InChI=1S/C18H24N4O3S/c1-26(24,25)14-16-6-3-9-21(13-16)18(23)19-12-15-5-2-7-17(11-15)22-10-4-8-20-22/h2,4-5,7-8,10-11,16H,3,6,9,12-14H2,1H3,(H,19,23)/t16-/m1/s1. The maximum absolute atomic E-state index is 12.4. The van der Waals surface area contributed by atoms with Gasteiger partial charge in [-0.2, -0.15) is 5.10 Å². The fraction of sp³-hybridized carbons (Fsp3) is 0.444. The third kappa shape index (κ3) is 5.08. The highest BCUT2D eigenvalue weighted by Gasteiger charge is 2.25. The molecule has 0 bridgehead atoms. The van der Waals surface area contributed by atoms with Crippen molar-refractivity contribution in [1.82, 2.24) is 20.0 Å². The number of urea groups is 1. The van der Waals surface area contributed by atoms with Crippen LogP contribution in [0.15, 0.2) is 42.7 Å². The number of rotatable bonds is 5. The van der Waals surface area contributed by atoms with E-state index in [1.54, 1.807) is 15.8 Å². The largest absolute Gasteiger partial charge is 0.334 e. The van der Waals surface area contributed by atoms with Gasteiger partial charge in [-0.05, 0) is 42.5 Å². The number of sulfone groups is 1. The topological polar surface area (TPSA) is 84.3 Å². The fourth-order valence-electron chi connectivity index (χ4n) is 3.33. The second-order valence-electron chi connectivity index (χ2n) is 6.83. The van der Waals surface area contributed by atoms with Gasteiger partial charge in [0.15, 0.2) is 0 Å². The molecule has 1 aromatic carbocycles. The molecule has 1 saturated heterocycles. The van der Waals surface area contributed by atoms with Crippen molar-refractivity contribution in [3.05, 3.63) is 48.3 Å². The van der Waals surface area contributed by atoms with Gasteiger partial charge in [-0.25, -0.2) is 17.9 Å². The quantitative estimate of drug-likeness (QED) is 0.863. The summed E-state index contributed by atoms with van der Waals surface area (Å²) in [7, 11) is -3.02. The molecule has 0 aliphatic carbocycles. The van der Waals surface area contributed by atoms with Gasteiger partial charge in [0.1, 0.15) is 9.84 Å². The minimum Gasteiger partial charge on any atom is -0.334 e. The van der Waals surface area contributed by atoms with Crippen LogP contribution in [0.4, 0.5) is 4.79 Å². The molecular weight excluding hydrogens is 352 g/mol. The van der Waals surface area contributed by atoms with E-state index in [-0.39, 0.29) is 17.7 Å². The number of benzene rings is 1. The SMILES string of the molecule is CS(=O)(=O)C[C@@H]1CCCN(C(=O)NCc2cccc(-n3cccn3)c2)C1. The van der Waals surface area contributed by atoms with Crippen molar-refractivity contribution in [3.63, 3.8) is 0 Å². The first-order chi connectivity index (χ1) is 12.4. The van der Waals surface area contributed by atoms with Gasteiger partial charge in [-0.1, -0.05) is 12.1 Å². The summed E-state index contributed by atoms with van der Waals surface area (Å²) in [6.07, 6.45) is 6.52. The van der Waals surface area contributed by atoms with Gasteiger partial charge in [-0.15, -0.1) is 0 Å². The predicted molar refractivity (Wildman–Crippen MR) is 99.8 cm³/mol. The molecule has 2 aromatic rings. The number of carbonyl (C=O) groups is 1. The Hall–Kier alpha value is -2.35. The van der Waals surface area contributed by atoms with Crippen molar-refractivity contribution < 1.29 is 13.2 Å². The van der Waals surface area contributed by atoms with E-state index in [0.29, 0.717) is 19.6 Å². The van der Waals surface area contributed by atoms with Gasteiger partial charge in [0.25, 0.3) is 0 Å². The monoisotopic (exact) mass is 376 g/mol. The summed E-state index contributed by atoms with van der Waals surface area (Å²) in [5, 5.41) is 7.14. The number of hydrogen-bond donors (Lipinski definition) is 1. The van der Waals surface area contributed by atoms with E-state index in [0.717, 1.165) is 24.1 Å². The lowest BCUT2D eigenvalue weighted by atomic mass is 10.0. The molecule has 26 heavy (non-hydrogen) atoms. The van der Waals surface area contributed by atoms with Gasteiger partial charge in [-0.3, -0.25) is 0 Å². The molecule has 1 aliphatic heterocycles. The molecule has 1 fully saturated rings. The molecule has 7 nitrogen and oxygen atoms in total. The Morgan fingerprint density at radius 3 is 2.92 bits per heavy atom. The molecule has 0 spiro atoms. The average Bonchev–Trinajstić information content (AvgIpc) is 3.13. The predicted octanol–water partition coefficient (Wildman–Crippen LogP) is 1.84. The maximum Gasteiger partial charge on any atom is 0.317 e. The van der Waals surface area contributed by atoms with Gasteiger partial charge in [0.2, 0.25) is 0 Å². The lowest BCUT2D eigenvalue weighted by Gasteiger charge is -2.32. The number of likely N-dealkylation sites (tertiary alicyclic amines) is 1. The van der Waals surface area contributed by atoms with Gasteiger partial charge in [0.05, 0.1) is 11.4 Å². The van der Waals surface area contributed by atoms with Crippen LogP contribution in [0.25, 0.3) is 5.69 Å². The zero-order valence-corrected chi connectivity index (χ0v) is 15.7. The molecular formula is C18H24N4O3S. The molecule has 1 N–H and O–H groups in total. The van der Waals surface area contributed by atoms with Crippen LogP contribution in [-0.2, 0) is 16.4 Å². The molecule has 140 valence electrons. The molecule has 3 rings (SSSR count).